The predicted molar refractivity (Wildman–Crippen MR) is 55.3 cm³/mol. The zero-order chi connectivity index (χ0) is 14.1. The van der Waals surface area contributed by atoms with Crippen LogP contribution in [0.2, 0.25) is 0 Å². The van der Waals surface area contributed by atoms with Crippen LogP contribution in [0.5, 0.6) is 5.75 Å². The van der Waals surface area contributed by atoms with Gasteiger partial charge >= 0.3 is 12.4 Å². The average Bonchev–Trinajstić information content (AvgIpc) is 2.17. The molecule has 0 heterocycles. The van der Waals surface area contributed by atoms with Gasteiger partial charge in [0, 0.05) is 0 Å². The van der Waals surface area contributed by atoms with Crippen molar-refractivity contribution in [2.45, 2.75) is 19.3 Å². The summed E-state index contributed by atoms with van der Waals surface area (Å²) in [5, 5.41) is 0. The highest BCUT2D eigenvalue weighted by atomic mass is 79.9. The Kier molecular flexibility index (Phi) is 4.19. The average molecular weight is 337 g/mol. The first-order chi connectivity index (χ1) is 8.07. The SMILES string of the molecule is CCOc1c(Br)cc(C(F)(F)F)cc1C(F)(F)F. The van der Waals surface area contributed by atoms with E-state index in [1.54, 1.807) is 0 Å². The number of ether oxygens (including phenoxy) is 1. The largest absolute Gasteiger partial charge is 0.492 e. The van der Waals surface area contributed by atoms with E-state index in [1.807, 2.05) is 0 Å². The van der Waals surface area contributed by atoms with Gasteiger partial charge in [0.1, 0.15) is 5.75 Å². The summed E-state index contributed by atoms with van der Waals surface area (Å²) in [6, 6.07) is 0.593. The summed E-state index contributed by atoms with van der Waals surface area (Å²) in [6.07, 6.45) is -9.78. The first-order valence-electron chi connectivity index (χ1n) is 4.68. The number of alkyl halides is 6. The Bertz CT molecular complexity index is 437. The normalized spacial score (nSPS) is 12.7. The highest BCUT2D eigenvalue weighted by molar-refractivity contribution is 9.10. The Hall–Kier alpha value is -0.920. The molecule has 0 aliphatic carbocycles. The molecule has 0 bridgehead atoms. The van der Waals surface area contributed by atoms with Crippen LogP contribution >= 0.6 is 15.9 Å². The van der Waals surface area contributed by atoms with Gasteiger partial charge < -0.3 is 4.74 Å². The predicted octanol–water partition coefficient (Wildman–Crippen LogP) is 4.89. The molecule has 0 fully saturated rings. The summed E-state index contributed by atoms with van der Waals surface area (Å²) in [6.45, 7) is 1.34. The summed E-state index contributed by atoms with van der Waals surface area (Å²) in [5.74, 6) is -0.641. The van der Waals surface area contributed by atoms with Crippen molar-refractivity contribution >= 4 is 15.9 Å². The van der Waals surface area contributed by atoms with Crippen molar-refractivity contribution < 1.29 is 31.1 Å². The van der Waals surface area contributed by atoms with Gasteiger partial charge in [-0.15, -0.1) is 0 Å². The van der Waals surface area contributed by atoms with E-state index in [0.29, 0.717) is 6.07 Å². The third kappa shape index (κ3) is 3.30. The summed E-state index contributed by atoms with van der Waals surface area (Å²) >= 11 is 2.66. The molecular weight excluding hydrogens is 330 g/mol. The lowest BCUT2D eigenvalue weighted by atomic mass is 10.1. The number of benzene rings is 1. The fourth-order valence-electron chi connectivity index (χ4n) is 1.26. The number of rotatable bonds is 2. The third-order valence-electron chi connectivity index (χ3n) is 1.97. The monoisotopic (exact) mass is 336 g/mol. The molecule has 0 amide bonds. The zero-order valence-electron chi connectivity index (χ0n) is 8.92. The molecule has 102 valence electrons. The van der Waals surface area contributed by atoms with Crippen molar-refractivity contribution in [2.24, 2.45) is 0 Å². The van der Waals surface area contributed by atoms with E-state index in [4.69, 9.17) is 4.74 Å². The maximum atomic E-state index is 12.7. The van der Waals surface area contributed by atoms with Gasteiger partial charge in [0.15, 0.2) is 0 Å². The van der Waals surface area contributed by atoms with Crippen LogP contribution in [0.4, 0.5) is 26.3 Å². The molecule has 1 nitrogen and oxygen atoms in total. The van der Waals surface area contributed by atoms with Crippen molar-refractivity contribution in [3.8, 4) is 5.75 Å². The Labute approximate surface area is 107 Å². The molecule has 0 saturated heterocycles. The molecule has 0 spiro atoms. The van der Waals surface area contributed by atoms with Gasteiger partial charge in [-0.1, -0.05) is 0 Å². The lowest BCUT2D eigenvalue weighted by molar-refractivity contribution is -0.144. The zero-order valence-corrected chi connectivity index (χ0v) is 10.5. The molecule has 0 aromatic heterocycles. The van der Waals surface area contributed by atoms with E-state index in [-0.39, 0.29) is 17.1 Å². The first kappa shape index (κ1) is 15.1. The van der Waals surface area contributed by atoms with E-state index in [1.165, 1.54) is 6.92 Å². The molecule has 1 aromatic rings. The summed E-state index contributed by atoms with van der Waals surface area (Å²) < 4.78 is 79.6. The Morgan fingerprint density at radius 2 is 1.61 bits per heavy atom. The highest BCUT2D eigenvalue weighted by Gasteiger charge is 2.40. The van der Waals surface area contributed by atoms with Crippen molar-refractivity contribution in [1.29, 1.82) is 0 Å². The van der Waals surface area contributed by atoms with Crippen LogP contribution in [0.1, 0.15) is 18.1 Å². The van der Waals surface area contributed by atoms with Gasteiger partial charge in [-0.2, -0.15) is 26.3 Å². The Balaban J connectivity index is 3.47. The van der Waals surface area contributed by atoms with Crippen molar-refractivity contribution in [2.75, 3.05) is 6.61 Å². The van der Waals surface area contributed by atoms with Crippen molar-refractivity contribution in [3.63, 3.8) is 0 Å². The second kappa shape index (κ2) is 4.99. The van der Waals surface area contributed by atoms with Gasteiger partial charge in [-0.3, -0.25) is 0 Å². The quantitative estimate of drug-likeness (QED) is 0.699. The smallest absolute Gasteiger partial charge is 0.420 e. The van der Waals surface area contributed by atoms with E-state index < -0.39 is 29.2 Å². The van der Waals surface area contributed by atoms with Gasteiger partial charge in [-0.25, -0.2) is 0 Å². The Morgan fingerprint density at radius 3 is 2.00 bits per heavy atom. The molecule has 0 atom stereocenters. The third-order valence-corrected chi connectivity index (χ3v) is 2.55. The Morgan fingerprint density at radius 1 is 1.06 bits per heavy atom. The fourth-order valence-corrected chi connectivity index (χ4v) is 1.83. The molecule has 1 aromatic carbocycles. The van der Waals surface area contributed by atoms with Crippen LogP contribution in [0.3, 0.4) is 0 Å². The second-order valence-corrected chi connectivity index (χ2v) is 4.12. The maximum absolute atomic E-state index is 12.7. The molecule has 0 saturated carbocycles. The molecule has 18 heavy (non-hydrogen) atoms. The van der Waals surface area contributed by atoms with Crippen molar-refractivity contribution in [3.05, 3.63) is 27.7 Å². The van der Waals surface area contributed by atoms with Crippen LogP contribution < -0.4 is 4.74 Å². The molecule has 8 heteroatoms. The van der Waals surface area contributed by atoms with Crippen LogP contribution in [0.15, 0.2) is 16.6 Å². The molecule has 0 aliphatic heterocycles. The molecule has 0 radical (unpaired) electrons. The number of hydrogen-bond donors (Lipinski definition) is 0. The fraction of sp³-hybridized carbons (Fsp3) is 0.400. The minimum atomic E-state index is -4.92. The van der Waals surface area contributed by atoms with Crippen LogP contribution in [0, 0.1) is 0 Å². The van der Waals surface area contributed by atoms with Crippen LogP contribution in [-0.2, 0) is 12.4 Å². The second-order valence-electron chi connectivity index (χ2n) is 3.26. The maximum Gasteiger partial charge on any atom is 0.420 e. The lowest BCUT2D eigenvalue weighted by Crippen LogP contribution is -2.13. The van der Waals surface area contributed by atoms with Gasteiger partial charge in [0.2, 0.25) is 0 Å². The molecule has 0 aliphatic rings. The van der Waals surface area contributed by atoms with Gasteiger partial charge in [0.25, 0.3) is 0 Å². The standard InChI is InChI=1S/C10H7BrF6O/c1-2-18-8-6(10(15,16)17)3-5(4-7(8)11)9(12,13)14/h3-4H,2H2,1H3. The summed E-state index contributed by atoms with van der Waals surface area (Å²) in [5.41, 5.74) is -2.84. The molecule has 0 N–H and O–H groups in total. The molecule has 1 rings (SSSR count). The van der Waals surface area contributed by atoms with E-state index >= 15 is 0 Å². The van der Waals surface area contributed by atoms with Crippen LogP contribution in [-0.4, -0.2) is 6.61 Å². The highest BCUT2D eigenvalue weighted by Crippen LogP contribution is 2.44. The minimum absolute atomic E-state index is 0.0375. The van der Waals surface area contributed by atoms with Crippen LogP contribution in [0.25, 0.3) is 0 Å². The van der Waals surface area contributed by atoms with E-state index in [9.17, 15) is 26.3 Å². The molecule has 0 unspecified atom stereocenters. The van der Waals surface area contributed by atoms with Crippen molar-refractivity contribution in [1.82, 2.24) is 0 Å². The molecular formula is C10H7BrF6O. The number of hydrogen-bond acceptors (Lipinski definition) is 1. The number of halogens is 7. The minimum Gasteiger partial charge on any atom is -0.492 e. The lowest BCUT2D eigenvalue weighted by Gasteiger charge is -2.17. The van der Waals surface area contributed by atoms with Gasteiger partial charge in [-0.05, 0) is 35.0 Å². The first-order valence-corrected chi connectivity index (χ1v) is 5.47. The topological polar surface area (TPSA) is 9.23 Å². The van der Waals surface area contributed by atoms with E-state index in [0.717, 1.165) is 0 Å². The van der Waals surface area contributed by atoms with Gasteiger partial charge in [0.05, 0.1) is 22.2 Å². The summed E-state index contributed by atoms with van der Waals surface area (Å²) in [4.78, 5) is 0. The summed E-state index contributed by atoms with van der Waals surface area (Å²) in [7, 11) is 0. The van der Waals surface area contributed by atoms with E-state index in [2.05, 4.69) is 15.9 Å².